The Morgan fingerprint density at radius 3 is 1.84 bits per heavy atom. The highest BCUT2D eigenvalue weighted by Gasteiger charge is 2.83. The first kappa shape index (κ1) is 24.2. The first-order valence-electron chi connectivity index (χ1n) is 12.4. The zero-order valence-corrected chi connectivity index (χ0v) is 21.4. The fourth-order valence-corrected chi connectivity index (χ4v) is 5.58. The third kappa shape index (κ3) is 3.43. The fourth-order valence-electron chi connectivity index (χ4n) is 5.46. The van der Waals surface area contributed by atoms with Gasteiger partial charge in [0.25, 0.3) is 5.91 Å². The molecule has 6 rings (SSSR count). The smallest absolute Gasteiger partial charge is 0.339 e. The largest absolute Gasteiger partial charge is 0.462 e. The van der Waals surface area contributed by atoms with E-state index in [2.05, 4.69) is 0 Å². The molecule has 1 amide bonds. The van der Waals surface area contributed by atoms with Crippen molar-refractivity contribution in [3.8, 4) is 0 Å². The number of esters is 1. The quantitative estimate of drug-likeness (QED) is 0.218. The molecule has 1 unspecified atom stereocenters. The van der Waals surface area contributed by atoms with Gasteiger partial charge in [-0.2, -0.15) is 0 Å². The van der Waals surface area contributed by atoms with E-state index in [-0.39, 0.29) is 18.1 Å². The topological polar surface area (TPSA) is 59.1 Å². The van der Waals surface area contributed by atoms with Crippen molar-refractivity contribution in [3.05, 3.63) is 143 Å². The van der Waals surface area contributed by atoms with Crippen molar-refractivity contribution in [3.63, 3.8) is 0 Å². The van der Waals surface area contributed by atoms with E-state index in [1.807, 2.05) is 91.0 Å². The van der Waals surface area contributed by atoms with E-state index in [0.717, 1.165) is 11.1 Å². The number of amides is 1. The molecule has 2 heterocycles. The number of benzene rings is 4. The van der Waals surface area contributed by atoms with Crippen LogP contribution in [0.4, 0.5) is 5.69 Å². The van der Waals surface area contributed by atoms with Crippen molar-refractivity contribution in [2.24, 2.45) is 0 Å². The minimum absolute atomic E-state index is 0.152. The van der Waals surface area contributed by atoms with Gasteiger partial charge in [0.15, 0.2) is 5.60 Å². The summed E-state index contributed by atoms with van der Waals surface area (Å²) in [5, 5.41) is 0.538. The number of hydrogen-bond donors (Lipinski definition) is 0. The molecule has 0 bridgehead atoms. The van der Waals surface area contributed by atoms with Gasteiger partial charge in [-0.05, 0) is 47.9 Å². The molecule has 1 atom stereocenters. The normalized spacial score (nSPS) is 19.6. The van der Waals surface area contributed by atoms with Gasteiger partial charge in [0.2, 0.25) is 5.60 Å². The first-order valence-corrected chi connectivity index (χ1v) is 12.8. The average Bonchev–Trinajstić information content (AvgIpc) is 3.59. The molecule has 1 spiro atoms. The van der Waals surface area contributed by atoms with E-state index in [4.69, 9.17) is 21.1 Å². The van der Waals surface area contributed by atoms with Gasteiger partial charge in [-0.25, -0.2) is 4.79 Å². The Balaban J connectivity index is 1.69. The van der Waals surface area contributed by atoms with Crippen LogP contribution in [0.2, 0.25) is 5.02 Å². The lowest BCUT2D eigenvalue weighted by Crippen LogP contribution is -2.40. The second-order valence-corrected chi connectivity index (χ2v) is 9.56. The Morgan fingerprint density at radius 2 is 1.32 bits per heavy atom. The van der Waals surface area contributed by atoms with Gasteiger partial charge in [0.1, 0.15) is 5.57 Å². The van der Waals surface area contributed by atoms with Gasteiger partial charge in [-0.15, -0.1) is 0 Å². The number of carbonyl (C=O) groups is 2. The van der Waals surface area contributed by atoms with Crippen LogP contribution < -0.4 is 4.90 Å². The zero-order chi connectivity index (χ0) is 26.3. The molecule has 2 aliphatic heterocycles. The van der Waals surface area contributed by atoms with Crippen LogP contribution in [0.3, 0.4) is 0 Å². The summed E-state index contributed by atoms with van der Waals surface area (Å²) < 4.78 is 12.3. The first-order chi connectivity index (χ1) is 18.5. The van der Waals surface area contributed by atoms with Crippen LogP contribution in [0, 0.1) is 0 Å². The number of halogens is 1. The number of epoxide rings is 1. The molecule has 0 radical (unpaired) electrons. The van der Waals surface area contributed by atoms with Gasteiger partial charge in [-0.3, -0.25) is 9.69 Å². The summed E-state index contributed by atoms with van der Waals surface area (Å²) in [5.74, 6) is -0.959. The maximum absolute atomic E-state index is 14.8. The summed E-state index contributed by atoms with van der Waals surface area (Å²) in [6.45, 7) is 1.90. The summed E-state index contributed by atoms with van der Waals surface area (Å²) in [5.41, 5.74) is 0.563. The van der Waals surface area contributed by atoms with Crippen LogP contribution in [0.5, 0.6) is 0 Å². The van der Waals surface area contributed by atoms with Gasteiger partial charge >= 0.3 is 5.97 Å². The molecule has 4 aromatic carbocycles. The van der Waals surface area contributed by atoms with Crippen LogP contribution in [-0.2, 0) is 24.7 Å². The van der Waals surface area contributed by atoms with Crippen molar-refractivity contribution in [1.29, 1.82) is 0 Å². The molecule has 0 N–H and O–H groups in total. The van der Waals surface area contributed by atoms with E-state index in [9.17, 15) is 9.59 Å². The number of rotatable bonds is 6. The van der Waals surface area contributed by atoms with Crippen LogP contribution in [-0.4, -0.2) is 24.1 Å². The predicted octanol–water partition coefficient (Wildman–Crippen LogP) is 6.37. The Labute approximate surface area is 225 Å². The number of anilines is 1. The zero-order valence-electron chi connectivity index (χ0n) is 20.6. The highest BCUT2D eigenvalue weighted by molar-refractivity contribution is 6.31. The Kier molecular flexibility index (Phi) is 5.90. The third-order valence-electron chi connectivity index (χ3n) is 7.05. The Hall–Kier alpha value is -4.19. The molecular formula is C32H24ClNO4. The van der Waals surface area contributed by atoms with Crippen LogP contribution in [0.15, 0.2) is 121 Å². The molecule has 2 aliphatic rings. The molecule has 1 fully saturated rings. The van der Waals surface area contributed by atoms with E-state index in [1.54, 1.807) is 36.1 Å². The van der Waals surface area contributed by atoms with Gasteiger partial charge in [0.05, 0.1) is 12.3 Å². The van der Waals surface area contributed by atoms with Crippen molar-refractivity contribution < 1.29 is 19.1 Å². The lowest BCUT2D eigenvalue weighted by atomic mass is 9.77. The second-order valence-electron chi connectivity index (χ2n) is 9.12. The Bertz CT molecular complexity index is 1500. The molecule has 6 heteroatoms. The molecule has 5 nitrogen and oxygen atoms in total. The van der Waals surface area contributed by atoms with E-state index >= 15 is 0 Å². The van der Waals surface area contributed by atoms with Crippen LogP contribution >= 0.6 is 11.6 Å². The van der Waals surface area contributed by atoms with Crippen molar-refractivity contribution >= 4 is 34.9 Å². The highest BCUT2D eigenvalue weighted by atomic mass is 35.5. The molecule has 4 aromatic rings. The third-order valence-corrected chi connectivity index (χ3v) is 7.30. The predicted molar refractivity (Wildman–Crippen MR) is 146 cm³/mol. The lowest BCUT2D eigenvalue weighted by Gasteiger charge is -2.22. The van der Waals surface area contributed by atoms with Crippen molar-refractivity contribution in [2.45, 2.75) is 18.1 Å². The van der Waals surface area contributed by atoms with Crippen LogP contribution in [0.25, 0.3) is 5.70 Å². The number of ether oxygens (including phenoxy) is 2. The van der Waals surface area contributed by atoms with Gasteiger partial charge in [0, 0.05) is 10.7 Å². The standard InChI is InChI=1S/C32H24ClNO4/c1-2-37-29(35)27-28(22-12-6-3-7-13-22)34(26-20-18-25(33)19-21-26)30(36)32(27)31(38-32,23-14-8-4-9-15-23)24-16-10-5-11-17-24/h3-21H,2H2,1H3. The summed E-state index contributed by atoms with van der Waals surface area (Å²) in [6.07, 6.45) is 0. The van der Waals surface area contributed by atoms with Gasteiger partial charge < -0.3 is 9.47 Å². The molecule has 0 saturated carbocycles. The molecular weight excluding hydrogens is 498 g/mol. The highest BCUT2D eigenvalue weighted by Crippen LogP contribution is 2.68. The number of nitrogens with zero attached hydrogens (tertiary/aromatic N) is 1. The molecule has 0 aromatic heterocycles. The molecule has 0 aliphatic carbocycles. The number of carbonyl (C=O) groups excluding carboxylic acids is 2. The fraction of sp³-hybridized carbons (Fsp3) is 0.125. The maximum Gasteiger partial charge on any atom is 0.339 e. The second kappa shape index (κ2) is 9.28. The SMILES string of the molecule is CCOC(=O)C1=C(c2ccccc2)N(c2ccc(Cl)cc2)C(=O)C12OC2(c1ccccc1)c1ccccc1. The van der Waals surface area contributed by atoms with Crippen molar-refractivity contribution in [1.82, 2.24) is 0 Å². The van der Waals surface area contributed by atoms with E-state index in [0.29, 0.717) is 22.0 Å². The van der Waals surface area contributed by atoms with Crippen LogP contribution in [0.1, 0.15) is 23.6 Å². The number of hydrogen-bond acceptors (Lipinski definition) is 4. The average molecular weight is 522 g/mol. The Morgan fingerprint density at radius 1 is 0.789 bits per heavy atom. The minimum atomic E-state index is -1.63. The van der Waals surface area contributed by atoms with E-state index in [1.165, 1.54) is 0 Å². The molecule has 1 saturated heterocycles. The molecule has 188 valence electrons. The summed E-state index contributed by atoms with van der Waals surface area (Å²) in [4.78, 5) is 30.2. The molecule has 38 heavy (non-hydrogen) atoms. The van der Waals surface area contributed by atoms with E-state index < -0.39 is 17.2 Å². The summed E-state index contributed by atoms with van der Waals surface area (Å²) in [6, 6.07) is 35.4. The summed E-state index contributed by atoms with van der Waals surface area (Å²) >= 11 is 6.19. The van der Waals surface area contributed by atoms with Gasteiger partial charge in [-0.1, -0.05) is 103 Å². The summed E-state index contributed by atoms with van der Waals surface area (Å²) in [7, 11) is 0. The van der Waals surface area contributed by atoms with Crippen molar-refractivity contribution in [2.75, 3.05) is 11.5 Å². The maximum atomic E-state index is 14.8. The monoisotopic (exact) mass is 521 g/mol. The minimum Gasteiger partial charge on any atom is -0.462 e. The lowest BCUT2D eigenvalue weighted by molar-refractivity contribution is -0.140.